The van der Waals surface area contributed by atoms with Crippen molar-refractivity contribution in [3.05, 3.63) is 46.8 Å². The molecule has 0 aliphatic heterocycles. The molecule has 1 aromatic carbocycles. The molecule has 1 atom stereocenters. The SMILES string of the molecule is CCC(C)c1ccc(NC(N)=NCCCc2c(C)nn(C)c2C)cc1.I. The lowest BCUT2D eigenvalue weighted by Crippen LogP contribution is -2.22. The van der Waals surface area contributed by atoms with E-state index >= 15 is 0 Å². The highest BCUT2D eigenvalue weighted by molar-refractivity contribution is 14.0. The van der Waals surface area contributed by atoms with E-state index in [1.807, 2.05) is 11.7 Å². The van der Waals surface area contributed by atoms with E-state index in [4.69, 9.17) is 5.73 Å². The van der Waals surface area contributed by atoms with Crippen molar-refractivity contribution < 1.29 is 0 Å². The molecule has 1 aromatic heterocycles. The number of nitrogens with zero attached hydrogens (tertiary/aromatic N) is 3. The van der Waals surface area contributed by atoms with Crippen LogP contribution in [0.1, 0.15) is 55.1 Å². The van der Waals surface area contributed by atoms with Gasteiger partial charge in [0.05, 0.1) is 5.69 Å². The Morgan fingerprint density at radius 1 is 1.27 bits per heavy atom. The van der Waals surface area contributed by atoms with Crippen LogP contribution in [-0.2, 0) is 13.5 Å². The van der Waals surface area contributed by atoms with Gasteiger partial charge in [-0.05, 0) is 62.3 Å². The normalized spacial score (nSPS) is 12.6. The quantitative estimate of drug-likeness (QED) is 0.271. The average Bonchev–Trinajstić information content (AvgIpc) is 2.84. The topological polar surface area (TPSA) is 68.2 Å². The van der Waals surface area contributed by atoms with Crippen LogP contribution in [0.15, 0.2) is 29.3 Å². The van der Waals surface area contributed by atoms with Gasteiger partial charge in [0.1, 0.15) is 0 Å². The van der Waals surface area contributed by atoms with Crippen LogP contribution in [0, 0.1) is 13.8 Å². The lowest BCUT2D eigenvalue weighted by molar-refractivity contribution is 0.728. The molecule has 0 bridgehead atoms. The molecule has 2 aromatic rings. The van der Waals surface area contributed by atoms with Crippen molar-refractivity contribution in [1.29, 1.82) is 0 Å². The van der Waals surface area contributed by atoms with Crippen molar-refractivity contribution >= 4 is 35.6 Å². The number of anilines is 1. The fourth-order valence-electron chi connectivity index (χ4n) is 2.95. The second kappa shape index (κ2) is 10.5. The second-order valence-corrected chi connectivity index (χ2v) is 6.70. The van der Waals surface area contributed by atoms with Gasteiger partial charge in [0.25, 0.3) is 0 Å². The van der Waals surface area contributed by atoms with E-state index in [1.54, 1.807) is 0 Å². The zero-order valence-corrected chi connectivity index (χ0v) is 18.9. The third kappa shape index (κ3) is 6.00. The maximum Gasteiger partial charge on any atom is 0.193 e. The van der Waals surface area contributed by atoms with E-state index in [9.17, 15) is 0 Å². The van der Waals surface area contributed by atoms with Crippen molar-refractivity contribution in [3.8, 4) is 0 Å². The predicted octanol–water partition coefficient (Wildman–Crippen LogP) is 4.53. The van der Waals surface area contributed by atoms with Crippen LogP contribution < -0.4 is 11.1 Å². The summed E-state index contributed by atoms with van der Waals surface area (Å²) < 4.78 is 1.94. The Hall–Kier alpha value is -1.57. The van der Waals surface area contributed by atoms with Gasteiger partial charge in [-0.3, -0.25) is 9.67 Å². The molecule has 26 heavy (non-hydrogen) atoms. The highest BCUT2D eigenvalue weighted by atomic mass is 127. The summed E-state index contributed by atoms with van der Waals surface area (Å²) in [5, 5.41) is 7.61. The van der Waals surface area contributed by atoms with Crippen LogP contribution in [0.2, 0.25) is 0 Å². The molecule has 0 saturated heterocycles. The summed E-state index contributed by atoms with van der Waals surface area (Å²) in [6.07, 6.45) is 3.08. The van der Waals surface area contributed by atoms with Crippen molar-refractivity contribution in [1.82, 2.24) is 9.78 Å². The Labute approximate surface area is 174 Å². The van der Waals surface area contributed by atoms with Gasteiger partial charge in [0, 0.05) is 25.0 Å². The van der Waals surface area contributed by atoms with Gasteiger partial charge in [-0.15, -0.1) is 24.0 Å². The Balaban J connectivity index is 0.00000338. The summed E-state index contributed by atoms with van der Waals surface area (Å²) >= 11 is 0. The number of aromatic nitrogens is 2. The number of guanidine groups is 1. The molecule has 0 fully saturated rings. The monoisotopic (exact) mass is 469 g/mol. The molecule has 1 unspecified atom stereocenters. The van der Waals surface area contributed by atoms with E-state index in [1.165, 1.54) is 16.8 Å². The molecule has 0 spiro atoms. The minimum absolute atomic E-state index is 0. The van der Waals surface area contributed by atoms with Gasteiger partial charge >= 0.3 is 0 Å². The molecule has 0 amide bonds. The largest absolute Gasteiger partial charge is 0.370 e. The molecule has 5 nitrogen and oxygen atoms in total. The van der Waals surface area contributed by atoms with Crippen molar-refractivity contribution in [2.45, 2.75) is 52.9 Å². The number of aryl methyl sites for hydroxylation is 2. The lowest BCUT2D eigenvalue weighted by atomic mass is 9.99. The van der Waals surface area contributed by atoms with E-state index in [0.29, 0.717) is 18.4 Å². The maximum atomic E-state index is 6.00. The van der Waals surface area contributed by atoms with E-state index in [0.717, 1.165) is 30.6 Å². The summed E-state index contributed by atoms with van der Waals surface area (Å²) in [5.74, 6) is 1.05. The van der Waals surface area contributed by atoms with E-state index in [-0.39, 0.29) is 24.0 Å². The molecule has 144 valence electrons. The van der Waals surface area contributed by atoms with Gasteiger partial charge in [0.15, 0.2) is 5.96 Å². The summed E-state index contributed by atoms with van der Waals surface area (Å²) in [6.45, 7) is 9.32. The number of aliphatic imine (C=N–C) groups is 1. The Kier molecular flexibility index (Phi) is 9.12. The number of hydrogen-bond acceptors (Lipinski definition) is 2. The smallest absolute Gasteiger partial charge is 0.193 e. The summed E-state index contributed by atoms with van der Waals surface area (Å²) in [6, 6.07) is 8.42. The molecule has 3 N–H and O–H groups in total. The number of rotatable bonds is 7. The first-order chi connectivity index (χ1) is 11.9. The van der Waals surface area contributed by atoms with Gasteiger partial charge in [-0.2, -0.15) is 5.10 Å². The number of nitrogens with two attached hydrogens (primary N) is 1. The molecule has 6 heteroatoms. The van der Waals surface area contributed by atoms with Gasteiger partial charge < -0.3 is 11.1 Å². The Morgan fingerprint density at radius 2 is 1.92 bits per heavy atom. The van der Waals surface area contributed by atoms with Crippen molar-refractivity contribution in [2.75, 3.05) is 11.9 Å². The van der Waals surface area contributed by atoms with Crippen molar-refractivity contribution in [3.63, 3.8) is 0 Å². The van der Waals surface area contributed by atoms with Crippen LogP contribution in [0.25, 0.3) is 0 Å². The molecular weight excluding hydrogens is 437 g/mol. The van der Waals surface area contributed by atoms with Gasteiger partial charge in [-0.25, -0.2) is 0 Å². The molecule has 1 heterocycles. The summed E-state index contributed by atoms with van der Waals surface area (Å²) in [7, 11) is 1.98. The fourth-order valence-corrected chi connectivity index (χ4v) is 2.95. The Bertz CT molecular complexity index is 719. The second-order valence-electron chi connectivity index (χ2n) is 6.70. The predicted molar refractivity (Wildman–Crippen MR) is 122 cm³/mol. The Morgan fingerprint density at radius 3 is 2.46 bits per heavy atom. The number of hydrogen-bond donors (Lipinski definition) is 2. The van der Waals surface area contributed by atoms with Crippen LogP contribution >= 0.6 is 24.0 Å². The highest BCUT2D eigenvalue weighted by Crippen LogP contribution is 2.20. The number of halogens is 1. The zero-order chi connectivity index (χ0) is 18.4. The van der Waals surface area contributed by atoms with Crippen LogP contribution in [0.3, 0.4) is 0 Å². The molecule has 2 rings (SSSR count). The molecule has 0 saturated carbocycles. The molecule has 0 radical (unpaired) electrons. The standard InChI is InChI=1S/C20H31N5.HI/c1-6-14(2)17-9-11-18(12-10-17)23-20(21)22-13-7-8-19-15(3)24-25(5)16(19)4;/h9-12,14H,6-8,13H2,1-5H3,(H3,21,22,23);1H. The van der Waals surface area contributed by atoms with Crippen LogP contribution in [0.5, 0.6) is 0 Å². The summed E-state index contributed by atoms with van der Waals surface area (Å²) in [4.78, 5) is 4.43. The van der Waals surface area contributed by atoms with E-state index < -0.39 is 0 Å². The first-order valence-corrected chi connectivity index (χ1v) is 9.08. The van der Waals surface area contributed by atoms with Crippen LogP contribution in [-0.4, -0.2) is 22.3 Å². The third-order valence-electron chi connectivity index (χ3n) is 4.89. The minimum Gasteiger partial charge on any atom is -0.370 e. The zero-order valence-electron chi connectivity index (χ0n) is 16.5. The fraction of sp³-hybridized carbons (Fsp3) is 0.500. The van der Waals surface area contributed by atoms with Gasteiger partial charge in [-0.1, -0.05) is 26.0 Å². The lowest BCUT2D eigenvalue weighted by Gasteiger charge is -2.10. The number of nitrogens with one attached hydrogen (secondary N) is 1. The average molecular weight is 469 g/mol. The highest BCUT2D eigenvalue weighted by Gasteiger charge is 2.08. The first-order valence-electron chi connectivity index (χ1n) is 9.08. The molecule has 0 aliphatic carbocycles. The van der Waals surface area contributed by atoms with Crippen LogP contribution in [0.4, 0.5) is 5.69 Å². The summed E-state index contributed by atoms with van der Waals surface area (Å²) in [5.41, 5.74) is 12.0. The number of benzene rings is 1. The van der Waals surface area contributed by atoms with E-state index in [2.05, 4.69) is 67.4 Å². The third-order valence-corrected chi connectivity index (χ3v) is 4.89. The molecular formula is C20H32IN5. The van der Waals surface area contributed by atoms with Crippen molar-refractivity contribution in [2.24, 2.45) is 17.8 Å². The molecule has 0 aliphatic rings. The first kappa shape index (κ1) is 22.5. The maximum absolute atomic E-state index is 6.00. The minimum atomic E-state index is 0. The van der Waals surface area contributed by atoms with Gasteiger partial charge in [0.2, 0.25) is 0 Å².